The largest absolute Gasteiger partial charge is 0.356 e. The molecule has 0 unspecified atom stereocenters. The number of nitrogens with two attached hydrogens (primary N) is 1. The molecule has 0 fully saturated rings. The molecule has 0 aliphatic carbocycles. The summed E-state index contributed by atoms with van der Waals surface area (Å²) in [6, 6.07) is 0. The second-order valence-electron chi connectivity index (χ2n) is 4.46. The van der Waals surface area contributed by atoms with E-state index in [2.05, 4.69) is 33.0 Å². The molecule has 0 aliphatic rings. The molecule has 0 rings (SSSR count). The Hall–Kier alpha value is -0.570. The number of nitrogens with one attached hydrogen (secondary N) is 1. The van der Waals surface area contributed by atoms with Crippen molar-refractivity contribution in [3.63, 3.8) is 0 Å². The van der Waals surface area contributed by atoms with Gasteiger partial charge in [-0.2, -0.15) is 0 Å². The molecule has 13 heavy (non-hydrogen) atoms. The van der Waals surface area contributed by atoms with Gasteiger partial charge in [0, 0.05) is 19.5 Å². The van der Waals surface area contributed by atoms with Crippen LogP contribution in [0.25, 0.3) is 0 Å². The van der Waals surface area contributed by atoms with Crippen LogP contribution in [-0.2, 0) is 4.79 Å². The van der Waals surface area contributed by atoms with E-state index in [0.717, 1.165) is 6.54 Å². The summed E-state index contributed by atoms with van der Waals surface area (Å²) < 4.78 is 0. The fourth-order valence-electron chi connectivity index (χ4n) is 0.750. The normalized spacial score (nSPS) is 11.8. The van der Waals surface area contributed by atoms with Gasteiger partial charge in [-0.05, 0) is 11.3 Å². The minimum Gasteiger partial charge on any atom is -0.356 e. The summed E-state index contributed by atoms with van der Waals surface area (Å²) in [4.78, 5) is 11.1. The lowest BCUT2D eigenvalue weighted by Gasteiger charge is -2.29. The maximum Gasteiger partial charge on any atom is 0.221 e. The number of amides is 1. The highest BCUT2D eigenvalue weighted by Crippen LogP contribution is 2.24. The fourth-order valence-corrected chi connectivity index (χ4v) is 0.750. The van der Waals surface area contributed by atoms with E-state index in [-0.39, 0.29) is 11.3 Å². The standard InChI is InChI=1S/C10H22N2O/c1-8(2)10(3,4)7-12-9(13)5-6-11/h8H,5-7,11H2,1-4H3,(H,12,13). The Kier molecular flexibility index (Phi) is 4.99. The molecular weight excluding hydrogens is 164 g/mol. The first-order chi connectivity index (χ1) is 5.90. The van der Waals surface area contributed by atoms with Crippen molar-refractivity contribution in [3.05, 3.63) is 0 Å². The fraction of sp³-hybridized carbons (Fsp3) is 0.900. The summed E-state index contributed by atoms with van der Waals surface area (Å²) >= 11 is 0. The van der Waals surface area contributed by atoms with Crippen LogP contribution < -0.4 is 11.1 Å². The summed E-state index contributed by atoms with van der Waals surface area (Å²) in [5, 5.41) is 2.89. The maximum atomic E-state index is 11.1. The predicted molar refractivity (Wildman–Crippen MR) is 55.3 cm³/mol. The van der Waals surface area contributed by atoms with Gasteiger partial charge < -0.3 is 11.1 Å². The molecule has 0 radical (unpaired) electrons. The highest BCUT2D eigenvalue weighted by atomic mass is 16.1. The van der Waals surface area contributed by atoms with Gasteiger partial charge >= 0.3 is 0 Å². The van der Waals surface area contributed by atoms with E-state index in [1.165, 1.54) is 0 Å². The van der Waals surface area contributed by atoms with E-state index in [1.54, 1.807) is 0 Å². The minimum absolute atomic E-state index is 0.0521. The number of carbonyl (C=O) groups is 1. The molecule has 3 nitrogen and oxygen atoms in total. The van der Waals surface area contributed by atoms with Crippen molar-refractivity contribution >= 4 is 5.91 Å². The summed E-state index contributed by atoms with van der Waals surface area (Å²) in [6.07, 6.45) is 0.425. The molecule has 1 amide bonds. The molecule has 0 saturated heterocycles. The first-order valence-electron chi connectivity index (χ1n) is 4.87. The van der Waals surface area contributed by atoms with Crippen LogP contribution in [0.15, 0.2) is 0 Å². The lowest BCUT2D eigenvalue weighted by Crippen LogP contribution is -2.37. The Morgan fingerprint density at radius 2 is 2.00 bits per heavy atom. The summed E-state index contributed by atoms with van der Waals surface area (Å²) in [6.45, 7) is 9.78. The van der Waals surface area contributed by atoms with Crippen LogP contribution in [0.2, 0.25) is 0 Å². The van der Waals surface area contributed by atoms with Gasteiger partial charge in [0.25, 0.3) is 0 Å². The summed E-state index contributed by atoms with van der Waals surface area (Å²) in [7, 11) is 0. The van der Waals surface area contributed by atoms with Crippen molar-refractivity contribution < 1.29 is 4.79 Å². The molecule has 0 aromatic rings. The van der Waals surface area contributed by atoms with Crippen molar-refractivity contribution in [1.29, 1.82) is 0 Å². The Bertz CT molecular complexity index is 164. The van der Waals surface area contributed by atoms with Crippen LogP contribution in [0.1, 0.15) is 34.1 Å². The van der Waals surface area contributed by atoms with E-state index in [9.17, 15) is 4.79 Å². The van der Waals surface area contributed by atoms with Crippen LogP contribution in [-0.4, -0.2) is 19.0 Å². The smallest absolute Gasteiger partial charge is 0.221 e. The summed E-state index contributed by atoms with van der Waals surface area (Å²) in [5.41, 5.74) is 5.42. The van der Waals surface area contributed by atoms with E-state index in [1.807, 2.05) is 0 Å². The Balaban J connectivity index is 3.81. The molecule has 0 spiro atoms. The SMILES string of the molecule is CC(C)C(C)(C)CNC(=O)CCN. The van der Waals surface area contributed by atoms with Crippen LogP contribution in [0.3, 0.4) is 0 Å². The topological polar surface area (TPSA) is 55.1 Å². The van der Waals surface area contributed by atoms with Gasteiger partial charge in [0.1, 0.15) is 0 Å². The summed E-state index contributed by atoms with van der Waals surface area (Å²) in [5.74, 6) is 0.613. The van der Waals surface area contributed by atoms with Crippen molar-refractivity contribution in [3.8, 4) is 0 Å². The van der Waals surface area contributed by atoms with Gasteiger partial charge in [0.05, 0.1) is 0 Å². The Morgan fingerprint density at radius 3 is 2.38 bits per heavy atom. The number of hydrogen-bond donors (Lipinski definition) is 2. The third-order valence-electron chi connectivity index (χ3n) is 2.68. The van der Waals surface area contributed by atoms with E-state index in [0.29, 0.717) is 18.9 Å². The van der Waals surface area contributed by atoms with Crippen LogP contribution in [0, 0.1) is 11.3 Å². The van der Waals surface area contributed by atoms with E-state index in [4.69, 9.17) is 5.73 Å². The van der Waals surface area contributed by atoms with Gasteiger partial charge in [0.2, 0.25) is 5.91 Å². The quantitative estimate of drug-likeness (QED) is 0.676. The first kappa shape index (κ1) is 12.4. The highest BCUT2D eigenvalue weighted by molar-refractivity contribution is 5.76. The van der Waals surface area contributed by atoms with Crippen LogP contribution >= 0.6 is 0 Å². The lowest BCUT2D eigenvalue weighted by atomic mass is 9.81. The second-order valence-corrected chi connectivity index (χ2v) is 4.46. The Labute approximate surface area is 81.1 Å². The molecule has 0 aliphatic heterocycles. The number of rotatable bonds is 5. The van der Waals surface area contributed by atoms with E-state index < -0.39 is 0 Å². The van der Waals surface area contributed by atoms with Gasteiger partial charge in [0.15, 0.2) is 0 Å². The third-order valence-corrected chi connectivity index (χ3v) is 2.68. The maximum absolute atomic E-state index is 11.1. The molecule has 78 valence electrons. The molecule has 0 aromatic heterocycles. The van der Waals surface area contributed by atoms with E-state index >= 15 is 0 Å². The molecule has 0 bridgehead atoms. The zero-order chi connectivity index (χ0) is 10.5. The van der Waals surface area contributed by atoms with Gasteiger partial charge in [-0.1, -0.05) is 27.7 Å². The monoisotopic (exact) mass is 186 g/mol. The zero-order valence-electron chi connectivity index (χ0n) is 9.18. The van der Waals surface area contributed by atoms with Crippen molar-refractivity contribution in [2.45, 2.75) is 34.1 Å². The number of hydrogen-bond acceptors (Lipinski definition) is 2. The third kappa shape index (κ3) is 4.88. The molecule has 0 saturated carbocycles. The van der Waals surface area contributed by atoms with Gasteiger partial charge in [-0.15, -0.1) is 0 Å². The average Bonchev–Trinajstić information content (AvgIpc) is 2.01. The molecule has 0 aromatic carbocycles. The molecule has 3 heteroatoms. The average molecular weight is 186 g/mol. The second kappa shape index (κ2) is 5.22. The van der Waals surface area contributed by atoms with Crippen molar-refractivity contribution in [2.75, 3.05) is 13.1 Å². The zero-order valence-corrected chi connectivity index (χ0v) is 9.18. The predicted octanol–water partition coefficient (Wildman–Crippen LogP) is 1.13. The molecular formula is C10H22N2O. The lowest BCUT2D eigenvalue weighted by molar-refractivity contribution is -0.121. The van der Waals surface area contributed by atoms with Gasteiger partial charge in [-0.3, -0.25) is 4.79 Å². The first-order valence-corrected chi connectivity index (χ1v) is 4.87. The van der Waals surface area contributed by atoms with Gasteiger partial charge in [-0.25, -0.2) is 0 Å². The molecule has 3 N–H and O–H groups in total. The van der Waals surface area contributed by atoms with Crippen LogP contribution in [0.5, 0.6) is 0 Å². The highest BCUT2D eigenvalue weighted by Gasteiger charge is 2.22. The molecule has 0 heterocycles. The number of carbonyl (C=O) groups excluding carboxylic acids is 1. The minimum atomic E-state index is 0.0521. The van der Waals surface area contributed by atoms with Crippen molar-refractivity contribution in [1.82, 2.24) is 5.32 Å². The van der Waals surface area contributed by atoms with Crippen LogP contribution in [0.4, 0.5) is 0 Å². The molecule has 0 atom stereocenters. The Morgan fingerprint density at radius 1 is 1.46 bits per heavy atom. The van der Waals surface area contributed by atoms with Crippen molar-refractivity contribution in [2.24, 2.45) is 17.1 Å².